The van der Waals surface area contributed by atoms with Crippen molar-refractivity contribution in [2.24, 2.45) is 0 Å². The molecule has 0 aliphatic carbocycles. The Labute approximate surface area is 181 Å². The quantitative estimate of drug-likeness (QED) is 0.586. The van der Waals surface area contributed by atoms with Gasteiger partial charge in [0.25, 0.3) is 0 Å². The Balaban J connectivity index is 1.39. The van der Waals surface area contributed by atoms with Crippen LogP contribution in [0.1, 0.15) is 11.1 Å². The summed E-state index contributed by atoms with van der Waals surface area (Å²) in [4.78, 5) is 12.8. The number of hydrogen-bond donors (Lipinski definition) is 2. The third-order valence-corrected chi connectivity index (χ3v) is 7.33. The number of aliphatic hydroxyl groups excluding tert-OH is 1. The minimum atomic E-state index is -3.62. The van der Waals surface area contributed by atoms with Gasteiger partial charge in [-0.3, -0.25) is 4.79 Å². The van der Waals surface area contributed by atoms with Crippen LogP contribution in [0.25, 0.3) is 6.08 Å². The summed E-state index contributed by atoms with van der Waals surface area (Å²) < 4.78 is 38.4. The number of sulfonamides is 1. The molecule has 2 aliphatic heterocycles. The summed E-state index contributed by atoms with van der Waals surface area (Å²) in [5.41, 5.74) is 1.72. The molecule has 0 spiro atoms. The highest BCUT2D eigenvalue weighted by Gasteiger charge is 2.30. The van der Waals surface area contributed by atoms with Crippen LogP contribution in [0.15, 0.2) is 53.4 Å². The maximum Gasteiger partial charge on any atom is 0.243 e. The molecule has 0 unspecified atom stereocenters. The zero-order valence-corrected chi connectivity index (χ0v) is 17.8. The predicted octanol–water partition coefficient (Wildman–Crippen LogP) is 0.0793. The average molecular weight is 446 g/mol. The van der Waals surface area contributed by atoms with Crippen LogP contribution in [0.5, 0.6) is 11.5 Å². The van der Waals surface area contributed by atoms with Crippen molar-refractivity contribution in [3.05, 3.63) is 59.7 Å². The number of rotatable bonds is 7. The molecule has 0 saturated carbocycles. The predicted molar refractivity (Wildman–Crippen MR) is 113 cm³/mol. The van der Waals surface area contributed by atoms with Gasteiger partial charge < -0.3 is 19.5 Å². The van der Waals surface area contributed by atoms with Gasteiger partial charge >= 0.3 is 0 Å². The SMILES string of the molecule is O=C(/C=C/c1cccc(S(=O)(=O)N2CC[NH+](Cc3ccc4c(c3)OCO4)CC2)c1)CO. The van der Waals surface area contributed by atoms with E-state index in [4.69, 9.17) is 14.6 Å². The van der Waals surface area contributed by atoms with Crippen LogP contribution in [-0.4, -0.2) is 63.2 Å². The molecule has 0 atom stereocenters. The van der Waals surface area contributed by atoms with E-state index in [0.29, 0.717) is 31.7 Å². The topological polar surface area (TPSA) is 97.6 Å². The third-order valence-electron chi connectivity index (χ3n) is 5.43. The van der Waals surface area contributed by atoms with Crippen molar-refractivity contribution < 1.29 is 32.7 Å². The summed E-state index contributed by atoms with van der Waals surface area (Å²) in [5.74, 6) is 1.08. The number of aliphatic hydroxyl groups is 1. The molecule has 2 N–H and O–H groups in total. The van der Waals surface area contributed by atoms with E-state index in [2.05, 4.69) is 0 Å². The van der Waals surface area contributed by atoms with Crippen LogP contribution in [0.2, 0.25) is 0 Å². The molecule has 0 aromatic heterocycles. The summed E-state index contributed by atoms with van der Waals surface area (Å²) in [6, 6.07) is 12.4. The van der Waals surface area contributed by atoms with E-state index >= 15 is 0 Å². The van der Waals surface area contributed by atoms with E-state index < -0.39 is 22.4 Å². The van der Waals surface area contributed by atoms with Crippen LogP contribution in [-0.2, 0) is 21.4 Å². The third kappa shape index (κ3) is 4.96. The number of nitrogens with zero attached hydrogens (tertiary/aromatic N) is 1. The number of fused-ring (bicyclic) bond motifs is 1. The number of nitrogens with one attached hydrogen (secondary N) is 1. The fraction of sp³-hybridized carbons (Fsp3) is 0.318. The lowest BCUT2D eigenvalue weighted by Gasteiger charge is -2.31. The van der Waals surface area contributed by atoms with E-state index in [0.717, 1.165) is 23.6 Å². The summed E-state index contributed by atoms with van der Waals surface area (Å²) in [7, 11) is -3.62. The molecular formula is C22H25N2O6S+. The number of quaternary nitrogens is 1. The summed E-state index contributed by atoms with van der Waals surface area (Å²) in [6.07, 6.45) is 2.75. The van der Waals surface area contributed by atoms with E-state index in [9.17, 15) is 13.2 Å². The molecule has 31 heavy (non-hydrogen) atoms. The normalized spacial score (nSPS) is 17.3. The molecule has 1 fully saturated rings. The maximum atomic E-state index is 13.1. The lowest BCUT2D eigenvalue weighted by atomic mass is 10.2. The molecule has 8 nitrogen and oxygen atoms in total. The fourth-order valence-corrected chi connectivity index (χ4v) is 5.23. The second-order valence-corrected chi connectivity index (χ2v) is 9.49. The molecule has 2 heterocycles. The van der Waals surface area contributed by atoms with Gasteiger partial charge in [-0.25, -0.2) is 8.42 Å². The highest BCUT2D eigenvalue weighted by Crippen LogP contribution is 2.32. The van der Waals surface area contributed by atoms with Crippen LogP contribution in [0.4, 0.5) is 0 Å². The number of hydrogen-bond acceptors (Lipinski definition) is 6. The number of benzene rings is 2. The molecule has 2 aromatic carbocycles. The molecule has 2 aliphatic rings. The number of piperazine rings is 1. The number of carbonyl (C=O) groups is 1. The molecule has 2 aromatic rings. The highest BCUT2D eigenvalue weighted by molar-refractivity contribution is 7.89. The molecule has 0 radical (unpaired) electrons. The molecule has 1 saturated heterocycles. The van der Waals surface area contributed by atoms with Crippen LogP contribution < -0.4 is 14.4 Å². The standard InChI is InChI=1S/C22H24N2O6S/c25-15-19(26)6-4-17-2-1-3-20(12-17)31(27,28)24-10-8-23(9-11-24)14-18-5-7-21-22(13-18)30-16-29-21/h1-7,12-13,25H,8-11,14-16H2/p+1/b6-4+. The van der Waals surface area contributed by atoms with Gasteiger partial charge in [0.15, 0.2) is 17.3 Å². The first kappa shape index (κ1) is 21.5. The Morgan fingerprint density at radius 3 is 2.65 bits per heavy atom. The molecule has 164 valence electrons. The average Bonchev–Trinajstić information content (AvgIpc) is 3.26. The van der Waals surface area contributed by atoms with Crippen molar-refractivity contribution in [3.8, 4) is 11.5 Å². The van der Waals surface area contributed by atoms with Gasteiger partial charge in [0.05, 0.1) is 31.1 Å². The molecule has 0 bridgehead atoms. The summed E-state index contributed by atoms with van der Waals surface area (Å²) >= 11 is 0. The van der Waals surface area contributed by atoms with Gasteiger partial charge in [0.2, 0.25) is 16.8 Å². The van der Waals surface area contributed by atoms with Crippen molar-refractivity contribution in [2.45, 2.75) is 11.4 Å². The van der Waals surface area contributed by atoms with E-state index in [1.54, 1.807) is 24.3 Å². The minimum Gasteiger partial charge on any atom is -0.454 e. The van der Waals surface area contributed by atoms with Crippen molar-refractivity contribution >= 4 is 21.9 Å². The lowest BCUT2D eigenvalue weighted by molar-refractivity contribution is -0.917. The van der Waals surface area contributed by atoms with Crippen LogP contribution >= 0.6 is 0 Å². The first-order chi connectivity index (χ1) is 15.0. The second kappa shape index (κ2) is 9.19. The van der Waals surface area contributed by atoms with Crippen molar-refractivity contribution in [2.75, 3.05) is 39.6 Å². The van der Waals surface area contributed by atoms with Gasteiger partial charge in [-0.05, 0) is 42.0 Å². The van der Waals surface area contributed by atoms with Crippen molar-refractivity contribution in [1.29, 1.82) is 0 Å². The Morgan fingerprint density at radius 1 is 1.10 bits per heavy atom. The Kier molecular flexibility index (Phi) is 6.38. The fourth-order valence-electron chi connectivity index (χ4n) is 3.73. The minimum absolute atomic E-state index is 0.199. The van der Waals surface area contributed by atoms with Gasteiger partial charge in [0.1, 0.15) is 13.2 Å². The Morgan fingerprint density at radius 2 is 1.87 bits per heavy atom. The van der Waals surface area contributed by atoms with Crippen molar-refractivity contribution in [1.82, 2.24) is 4.31 Å². The molecule has 0 amide bonds. The van der Waals surface area contributed by atoms with Crippen LogP contribution in [0, 0.1) is 0 Å². The largest absolute Gasteiger partial charge is 0.454 e. The van der Waals surface area contributed by atoms with Gasteiger partial charge in [-0.1, -0.05) is 18.2 Å². The zero-order valence-electron chi connectivity index (χ0n) is 17.0. The van der Waals surface area contributed by atoms with Gasteiger partial charge in [-0.15, -0.1) is 0 Å². The zero-order chi connectivity index (χ0) is 21.8. The first-order valence-corrected chi connectivity index (χ1v) is 11.5. The van der Waals surface area contributed by atoms with Crippen LogP contribution in [0.3, 0.4) is 0 Å². The Hall–Kier alpha value is -2.72. The van der Waals surface area contributed by atoms with Gasteiger partial charge in [-0.2, -0.15) is 4.31 Å². The Bertz CT molecular complexity index is 1090. The van der Waals surface area contributed by atoms with Crippen molar-refractivity contribution in [3.63, 3.8) is 0 Å². The number of ketones is 1. The van der Waals surface area contributed by atoms with Gasteiger partial charge in [0, 0.05) is 5.56 Å². The van der Waals surface area contributed by atoms with E-state index in [1.165, 1.54) is 21.4 Å². The maximum absolute atomic E-state index is 13.1. The monoisotopic (exact) mass is 445 g/mol. The molecular weight excluding hydrogens is 420 g/mol. The second-order valence-electron chi connectivity index (χ2n) is 7.55. The summed E-state index contributed by atoms with van der Waals surface area (Å²) in [6.45, 7) is 2.75. The molecule has 9 heteroatoms. The smallest absolute Gasteiger partial charge is 0.243 e. The van der Waals surface area contributed by atoms with E-state index in [1.807, 2.05) is 18.2 Å². The number of ether oxygens (including phenoxy) is 2. The first-order valence-electron chi connectivity index (χ1n) is 10.1. The number of carbonyl (C=O) groups excluding carboxylic acids is 1. The molecule has 4 rings (SSSR count). The van der Waals surface area contributed by atoms with E-state index in [-0.39, 0.29) is 11.7 Å². The lowest BCUT2D eigenvalue weighted by Crippen LogP contribution is -3.13. The summed E-state index contributed by atoms with van der Waals surface area (Å²) in [5, 5.41) is 8.81. The highest BCUT2D eigenvalue weighted by atomic mass is 32.2.